The van der Waals surface area contributed by atoms with Gasteiger partial charge in [-0.15, -0.1) is 0 Å². The molecule has 1 heterocycles. The molecule has 1 amide bonds. The number of nitrogens with zero attached hydrogens (tertiary/aromatic N) is 3. The van der Waals surface area contributed by atoms with Crippen molar-refractivity contribution in [2.75, 3.05) is 37.8 Å². The van der Waals surface area contributed by atoms with Crippen molar-refractivity contribution in [1.82, 2.24) is 9.21 Å². The molecule has 0 radical (unpaired) electrons. The van der Waals surface area contributed by atoms with Crippen LogP contribution in [0.4, 0.5) is 5.69 Å². The van der Waals surface area contributed by atoms with Gasteiger partial charge in [-0.2, -0.15) is 4.31 Å². The number of para-hydroxylation sites is 1. The number of hydrogen-bond acceptors (Lipinski definition) is 4. The first-order valence-electron chi connectivity index (χ1n) is 8.32. The molecular weight excluding hydrogens is 326 g/mol. The molecule has 134 valence electrons. The van der Waals surface area contributed by atoms with Crippen molar-refractivity contribution >= 4 is 21.6 Å². The monoisotopic (exact) mass is 353 g/mol. The van der Waals surface area contributed by atoms with Crippen LogP contribution in [0.1, 0.15) is 25.8 Å². The highest BCUT2D eigenvalue weighted by molar-refractivity contribution is 7.89. The average molecular weight is 353 g/mol. The number of anilines is 1. The number of carbonyl (C=O) groups excluding carboxylic acids is 1. The summed E-state index contributed by atoms with van der Waals surface area (Å²) in [6.07, 6.45) is 0.828. The molecular formula is C17H27N3O3S. The summed E-state index contributed by atoms with van der Waals surface area (Å²) < 4.78 is 25.0. The summed E-state index contributed by atoms with van der Waals surface area (Å²) in [6.45, 7) is 4.78. The van der Waals surface area contributed by atoms with Crippen LogP contribution in [0, 0.1) is 0 Å². The van der Waals surface area contributed by atoms with Crippen LogP contribution in [0.5, 0.6) is 0 Å². The Kier molecular flexibility index (Phi) is 5.87. The van der Waals surface area contributed by atoms with Crippen molar-refractivity contribution in [3.8, 4) is 0 Å². The molecule has 1 aliphatic rings. The van der Waals surface area contributed by atoms with Crippen molar-refractivity contribution in [3.63, 3.8) is 0 Å². The molecule has 0 N–H and O–H groups in total. The van der Waals surface area contributed by atoms with E-state index < -0.39 is 10.0 Å². The fourth-order valence-corrected chi connectivity index (χ4v) is 3.83. The molecule has 0 saturated heterocycles. The van der Waals surface area contributed by atoms with Gasteiger partial charge in [-0.3, -0.25) is 4.79 Å². The third kappa shape index (κ3) is 3.89. The zero-order chi connectivity index (χ0) is 17.9. The fourth-order valence-electron chi connectivity index (χ4n) is 3.08. The van der Waals surface area contributed by atoms with Crippen molar-refractivity contribution in [2.45, 2.75) is 32.9 Å². The van der Waals surface area contributed by atoms with Gasteiger partial charge in [0.1, 0.15) is 0 Å². The van der Waals surface area contributed by atoms with Gasteiger partial charge in [0.05, 0.1) is 12.3 Å². The Morgan fingerprint density at radius 1 is 1.29 bits per heavy atom. The lowest BCUT2D eigenvalue weighted by atomic mass is 10.1. The van der Waals surface area contributed by atoms with E-state index in [-0.39, 0.29) is 24.2 Å². The molecule has 1 aromatic carbocycles. The van der Waals surface area contributed by atoms with Crippen molar-refractivity contribution in [2.24, 2.45) is 0 Å². The number of hydrogen-bond donors (Lipinski definition) is 0. The number of carbonyl (C=O) groups is 1. The lowest BCUT2D eigenvalue weighted by Crippen LogP contribution is -2.47. The van der Waals surface area contributed by atoms with Crippen LogP contribution >= 0.6 is 0 Å². The normalized spacial score (nSPS) is 18.5. The second kappa shape index (κ2) is 7.53. The Morgan fingerprint density at radius 2 is 1.96 bits per heavy atom. The number of fused-ring (bicyclic) bond motifs is 1. The molecule has 24 heavy (non-hydrogen) atoms. The summed E-state index contributed by atoms with van der Waals surface area (Å²) in [6, 6.07) is 8.11. The van der Waals surface area contributed by atoms with Gasteiger partial charge >= 0.3 is 0 Å². The standard InChI is InChI=1S/C17H27N3O3S/c1-5-15-12-18(3)16-10-8-7-9-14(16)11-20(15)17(21)13-19(4)24(22,23)6-2/h7-10,15H,5-6,11-13H2,1-4H3. The third-order valence-corrected chi connectivity index (χ3v) is 6.47. The van der Waals surface area contributed by atoms with Gasteiger partial charge in [0.15, 0.2) is 0 Å². The maximum atomic E-state index is 12.8. The first kappa shape index (κ1) is 18.7. The van der Waals surface area contributed by atoms with Crippen molar-refractivity contribution in [3.05, 3.63) is 29.8 Å². The summed E-state index contributed by atoms with van der Waals surface area (Å²) in [5.41, 5.74) is 2.21. The molecule has 0 saturated carbocycles. The lowest BCUT2D eigenvalue weighted by Gasteiger charge is -2.31. The Labute approximate surface area is 145 Å². The van der Waals surface area contributed by atoms with Gasteiger partial charge in [-0.05, 0) is 25.0 Å². The summed E-state index contributed by atoms with van der Waals surface area (Å²) in [4.78, 5) is 16.8. The van der Waals surface area contributed by atoms with Crippen LogP contribution in [-0.2, 0) is 21.4 Å². The Morgan fingerprint density at radius 3 is 2.58 bits per heavy atom. The molecule has 0 aliphatic carbocycles. The smallest absolute Gasteiger partial charge is 0.238 e. The molecule has 1 aliphatic heterocycles. The predicted octanol–water partition coefficient (Wildman–Crippen LogP) is 1.53. The summed E-state index contributed by atoms with van der Waals surface area (Å²) in [7, 11) is 0.138. The van der Waals surface area contributed by atoms with Gasteiger partial charge in [0.25, 0.3) is 0 Å². The number of sulfonamides is 1. The average Bonchev–Trinajstić information content (AvgIpc) is 2.71. The minimum Gasteiger partial charge on any atom is -0.372 e. The largest absolute Gasteiger partial charge is 0.372 e. The highest BCUT2D eigenvalue weighted by Gasteiger charge is 2.30. The zero-order valence-electron chi connectivity index (χ0n) is 14.9. The molecule has 6 nitrogen and oxygen atoms in total. The zero-order valence-corrected chi connectivity index (χ0v) is 15.7. The van der Waals surface area contributed by atoms with E-state index in [0.717, 1.165) is 28.5 Å². The molecule has 1 unspecified atom stereocenters. The van der Waals surface area contributed by atoms with Crippen LogP contribution in [0.2, 0.25) is 0 Å². The molecule has 0 spiro atoms. The minimum atomic E-state index is -3.36. The van der Waals surface area contributed by atoms with Gasteiger partial charge in [0.2, 0.25) is 15.9 Å². The van der Waals surface area contributed by atoms with Gasteiger partial charge in [0, 0.05) is 38.9 Å². The summed E-state index contributed by atoms with van der Waals surface area (Å²) >= 11 is 0. The number of amides is 1. The van der Waals surface area contributed by atoms with E-state index in [1.807, 2.05) is 30.1 Å². The maximum absolute atomic E-state index is 12.8. The molecule has 1 aromatic rings. The van der Waals surface area contributed by atoms with Crippen LogP contribution in [0.15, 0.2) is 24.3 Å². The fraction of sp³-hybridized carbons (Fsp3) is 0.588. The van der Waals surface area contributed by atoms with E-state index >= 15 is 0 Å². The maximum Gasteiger partial charge on any atom is 0.238 e. The van der Waals surface area contributed by atoms with Crippen LogP contribution in [0.25, 0.3) is 0 Å². The minimum absolute atomic E-state index is 0.000439. The first-order valence-corrected chi connectivity index (χ1v) is 9.93. The first-order chi connectivity index (χ1) is 11.3. The second-order valence-corrected chi connectivity index (χ2v) is 8.61. The Balaban J connectivity index is 2.25. The predicted molar refractivity (Wildman–Crippen MR) is 96.4 cm³/mol. The summed E-state index contributed by atoms with van der Waals surface area (Å²) in [5, 5.41) is 0. The Bertz CT molecular complexity index is 690. The van der Waals surface area contributed by atoms with Crippen LogP contribution in [-0.4, -0.2) is 62.5 Å². The molecule has 2 rings (SSSR count). The van der Waals surface area contributed by atoms with Gasteiger partial charge in [-0.1, -0.05) is 25.1 Å². The SMILES string of the molecule is CCC1CN(C)c2ccccc2CN1C(=O)CN(C)S(=O)(=O)CC. The summed E-state index contributed by atoms with van der Waals surface area (Å²) in [5.74, 6) is -0.147. The molecule has 1 atom stereocenters. The van der Waals surface area contributed by atoms with Crippen molar-refractivity contribution in [1.29, 1.82) is 0 Å². The highest BCUT2D eigenvalue weighted by Crippen LogP contribution is 2.27. The van der Waals surface area contributed by atoms with Crippen LogP contribution in [0.3, 0.4) is 0 Å². The molecule has 0 fully saturated rings. The van der Waals surface area contributed by atoms with E-state index in [1.165, 1.54) is 7.05 Å². The van der Waals surface area contributed by atoms with Gasteiger partial charge < -0.3 is 9.80 Å². The molecule has 0 aromatic heterocycles. The van der Waals surface area contributed by atoms with E-state index in [2.05, 4.69) is 17.9 Å². The number of rotatable bonds is 5. The van der Waals surface area contributed by atoms with Gasteiger partial charge in [-0.25, -0.2) is 8.42 Å². The van der Waals surface area contributed by atoms with Crippen molar-refractivity contribution < 1.29 is 13.2 Å². The third-order valence-electron chi connectivity index (χ3n) is 4.66. The Hall–Kier alpha value is -1.60. The number of likely N-dealkylation sites (N-methyl/N-ethyl adjacent to an activating group) is 2. The molecule has 0 bridgehead atoms. The van der Waals surface area contributed by atoms with E-state index in [4.69, 9.17) is 0 Å². The van der Waals surface area contributed by atoms with E-state index in [0.29, 0.717) is 6.54 Å². The number of benzene rings is 1. The van der Waals surface area contributed by atoms with E-state index in [1.54, 1.807) is 6.92 Å². The quantitative estimate of drug-likeness (QED) is 0.805. The van der Waals surface area contributed by atoms with E-state index in [9.17, 15) is 13.2 Å². The van der Waals surface area contributed by atoms with Crippen LogP contribution < -0.4 is 4.90 Å². The highest BCUT2D eigenvalue weighted by atomic mass is 32.2. The second-order valence-electron chi connectivity index (χ2n) is 6.25. The topological polar surface area (TPSA) is 60.9 Å². The molecule has 7 heteroatoms. The lowest BCUT2D eigenvalue weighted by molar-refractivity contribution is -0.134.